The van der Waals surface area contributed by atoms with Crippen molar-refractivity contribution in [3.63, 3.8) is 0 Å². The standard InChI is InChI=1S/C10H15ClN2OS/c1-7(2)15-6-10-12-8(5-14-3)4-9(11)13-10/h4,7H,5-6H2,1-3H3. The Morgan fingerprint density at radius 3 is 2.80 bits per heavy atom. The zero-order valence-corrected chi connectivity index (χ0v) is 10.7. The van der Waals surface area contributed by atoms with Crippen LogP contribution in [-0.2, 0) is 17.1 Å². The highest BCUT2D eigenvalue weighted by molar-refractivity contribution is 7.99. The quantitative estimate of drug-likeness (QED) is 0.749. The molecule has 1 rings (SSSR count). The van der Waals surface area contributed by atoms with E-state index in [2.05, 4.69) is 23.8 Å². The van der Waals surface area contributed by atoms with Crippen LogP contribution >= 0.6 is 23.4 Å². The third-order valence-electron chi connectivity index (χ3n) is 1.63. The first-order valence-electron chi connectivity index (χ1n) is 4.74. The molecular formula is C10H15ClN2OS. The Hall–Kier alpha value is -0.320. The van der Waals surface area contributed by atoms with Gasteiger partial charge in [0.05, 0.1) is 18.1 Å². The second-order valence-electron chi connectivity index (χ2n) is 3.39. The van der Waals surface area contributed by atoms with E-state index in [9.17, 15) is 0 Å². The second kappa shape index (κ2) is 6.30. The first kappa shape index (κ1) is 12.7. The summed E-state index contributed by atoms with van der Waals surface area (Å²) in [7, 11) is 1.64. The summed E-state index contributed by atoms with van der Waals surface area (Å²) >= 11 is 7.68. The summed E-state index contributed by atoms with van der Waals surface area (Å²) in [6, 6.07) is 1.73. The molecule has 1 aromatic heterocycles. The van der Waals surface area contributed by atoms with Gasteiger partial charge in [0.15, 0.2) is 0 Å². The highest BCUT2D eigenvalue weighted by Gasteiger charge is 2.04. The molecule has 0 N–H and O–H groups in total. The van der Waals surface area contributed by atoms with Gasteiger partial charge in [0.25, 0.3) is 0 Å². The van der Waals surface area contributed by atoms with Crippen LogP contribution in [0.15, 0.2) is 6.07 Å². The lowest BCUT2D eigenvalue weighted by molar-refractivity contribution is 0.181. The van der Waals surface area contributed by atoms with E-state index in [0.29, 0.717) is 17.0 Å². The average molecular weight is 247 g/mol. The van der Waals surface area contributed by atoms with E-state index >= 15 is 0 Å². The highest BCUT2D eigenvalue weighted by atomic mass is 35.5. The molecule has 0 aromatic carbocycles. The zero-order chi connectivity index (χ0) is 11.3. The fourth-order valence-corrected chi connectivity index (χ4v) is 1.88. The van der Waals surface area contributed by atoms with Gasteiger partial charge >= 0.3 is 0 Å². The van der Waals surface area contributed by atoms with E-state index in [4.69, 9.17) is 16.3 Å². The number of hydrogen-bond donors (Lipinski definition) is 0. The number of halogens is 1. The molecule has 0 atom stereocenters. The number of nitrogens with zero attached hydrogens (tertiary/aromatic N) is 2. The minimum absolute atomic E-state index is 0.474. The summed E-state index contributed by atoms with van der Waals surface area (Å²) in [4.78, 5) is 8.52. The Bertz CT molecular complexity index is 320. The molecule has 5 heteroatoms. The lowest BCUT2D eigenvalue weighted by Crippen LogP contribution is -2.01. The van der Waals surface area contributed by atoms with Gasteiger partial charge in [0, 0.05) is 7.11 Å². The lowest BCUT2D eigenvalue weighted by Gasteiger charge is -2.06. The molecule has 0 aliphatic rings. The maximum absolute atomic E-state index is 5.89. The molecule has 0 unspecified atom stereocenters. The zero-order valence-electron chi connectivity index (χ0n) is 9.16. The van der Waals surface area contributed by atoms with E-state index < -0.39 is 0 Å². The van der Waals surface area contributed by atoms with Crippen LogP contribution in [0.25, 0.3) is 0 Å². The lowest BCUT2D eigenvalue weighted by atomic mass is 10.4. The van der Waals surface area contributed by atoms with Crippen molar-refractivity contribution in [3.05, 3.63) is 22.7 Å². The minimum atomic E-state index is 0.474. The van der Waals surface area contributed by atoms with Gasteiger partial charge in [0.1, 0.15) is 11.0 Å². The average Bonchev–Trinajstić information content (AvgIpc) is 2.14. The van der Waals surface area contributed by atoms with Crippen LogP contribution in [0.4, 0.5) is 0 Å². The number of thioether (sulfide) groups is 1. The Kier molecular flexibility index (Phi) is 5.36. The van der Waals surface area contributed by atoms with Gasteiger partial charge in [-0.05, 0) is 11.3 Å². The first-order chi connectivity index (χ1) is 7.11. The molecular weight excluding hydrogens is 232 g/mol. The maximum atomic E-state index is 5.89. The molecule has 3 nitrogen and oxygen atoms in total. The fourth-order valence-electron chi connectivity index (χ4n) is 1.04. The molecule has 0 bridgehead atoms. The minimum Gasteiger partial charge on any atom is -0.378 e. The number of methoxy groups -OCH3 is 1. The van der Waals surface area contributed by atoms with Crippen molar-refractivity contribution in [1.82, 2.24) is 9.97 Å². The summed E-state index contributed by atoms with van der Waals surface area (Å²) < 4.78 is 5.01. The van der Waals surface area contributed by atoms with Gasteiger partial charge in [-0.3, -0.25) is 0 Å². The van der Waals surface area contributed by atoms with Crippen LogP contribution in [0, 0.1) is 0 Å². The molecule has 0 fully saturated rings. The van der Waals surface area contributed by atoms with Crippen LogP contribution in [0.2, 0.25) is 5.15 Å². The molecule has 1 heterocycles. The largest absolute Gasteiger partial charge is 0.378 e. The van der Waals surface area contributed by atoms with Gasteiger partial charge in [-0.25, -0.2) is 9.97 Å². The Morgan fingerprint density at radius 1 is 1.47 bits per heavy atom. The third-order valence-corrected chi connectivity index (χ3v) is 2.92. The van der Waals surface area contributed by atoms with Crippen LogP contribution in [0.5, 0.6) is 0 Å². The van der Waals surface area contributed by atoms with E-state index in [1.54, 1.807) is 24.9 Å². The Morgan fingerprint density at radius 2 is 2.20 bits per heavy atom. The fraction of sp³-hybridized carbons (Fsp3) is 0.600. The molecule has 0 spiro atoms. The van der Waals surface area contributed by atoms with E-state index in [0.717, 1.165) is 17.3 Å². The van der Waals surface area contributed by atoms with Gasteiger partial charge < -0.3 is 4.74 Å². The summed E-state index contributed by atoms with van der Waals surface area (Å²) in [6.07, 6.45) is 0. The highest BCUT2D eigenvalue weighted by Crippen LogP contribution is 2.16. The predicted octanol–water partition coefficient (Wildman–Crippen LogP) is 2.92. The van der Waals surface area contributed by atoms with Crippen molar-refractivity contribution in [1.29, 1.82) is 0 Å². The molecule has 84 valence electrons. The summed E-state index contributed by atoms with van der Waals surface area (Å²) in [5.41, 5.74) is 0.830. The van der Waals surface area contributed by atoms with Crippen molar-refractivity contribution < 1.29 is 4.74 Å². The number of rotatable bonds is 5. The van der Waals surface area contributed by atoms with Crippen molar-refractivity contribution in [2.75, 3.05) is 7.11 Å². The molecule has 0 amide bonds. The van der Waals surface area contributed by atoms with Crippen LogP contribution in [0.1, 0.15) is 25.4 Å². The Labute approximate surface area is 99.6 Å². The summed E-state index contributed by atoms with van der Waals surface area (Å²) in [6.45, 7) is 4.76. The maximum Gasteiger partial charge on any atom is 0.140 e. The van der Waals surface area contributed by atoms with Gasteiger partial charge in [-0.1, -0.05) is 25.4 Å². The molecule has 0 aliphatic heterocycles. The Balaban J connectivity index is 2.70. The summed E-state index contributed by atoms with van der Waals surface area (Å²) in [5.74, 6) is 1.56. The van der Waals surface area contributed by atoms with Crippen LogP contribution < -0.4 is 0 Å². The van der Waals surface area contributed by atoms with Crippen molar-refractivity contribution in [2.45, 2.75) is 31.5 Å². The van der Waals surface area contributed by atoms with Crippen LogP contribution in [0.3, 0.4) is 0 Å². The second-order valence-corrected chi connectivity index (χ2v) is 5.34. The van der Waals surface area contributed by atoms with E-state index in [-0.39, 0.29) is 0 Å². The molecule has 1 aromatic rings. The van der Waals surface area contributed by atoms with Gasteiger partial charge in [-0.15, -0.1) is 0 Å². The monoisotopic (exact) mass is 246 g/mol. The number of hydrogen-bond acceptors (Lipinski definition) is 4. The van der Waals surface area contributed by atoms with Gasteiger partial charge in [-0.2, -0.15) is 11.8 Å². The predicted molar refractivity (Wildman–Crippen MR) is 64.2 cm³/mol. The van der Waals surface area contributed by atoms with Gasteiger partial charge in [0.2, 0.25) is 0 Å². The molecule has 15 heavy (non-hydrogen) atoms. The molecule has 0 saturated carbocycles. The number of ether oxygens (including phenoxy) is 1. The molecule has 0 aliphatic carbocycles. The van der Waals surface area contributed by atoms with E-state index in [1.165, 1.54) is 0 Å². The van der Waals surface area contributed by atoms with E-state index in [1.807, 2.05) is 0 Å². The van der Waals surface area contributed by atoms with Crippen LogP contribution in [-0.4, -0.2) is 22.3 Å². The summed E-state index contributed by atoms with van der Waals surface area (Å²) in [5, 5.41) is 1.05. The van der Waals surface area contributed by atoms with Crippen molar-refractivity contribution in [2.24, 2.45) is 0 Å². The smallest absolute Gasteiger partial charge is 0.140 e. The normalized spacial score (nSPS) is 11.0. The SMILES string of the molecule is COCc1cc(Cl)nc(CSC(C)C)n1. The van der Waals surface area contributed by atoms with Crippen molar-refractivity contribution in [3.8, 4) is 0 Å². The molecule has 0 saturated heterocycles. The molecule has 0 radical (unpaired) electrons. The van der Waals surface area contributed by atoms with Crippen molar-refractivity contribution >= 4 is 23.4 Å². The topological polar surface area (TPSA) is 35.0 Å². The third kappa shape index (κ3) is 4.82. The first-order valence-corrected chi connectivity index (χ1v) is 6.17. The number of aromatic nitrogens is 2.